The van der Waals surface area contributed by atoms with E-state index in [1.807, 2.05) is 70.1 Å². The Balaban J connectivity index is 2.42. The van der Waals surface area contributed by atoms with E-state index < -0.39 is 5.41 Å². The van der Waals surface area contributed by atoms with Gasteiger partial charge < -0.3 is 4.90 Å². The summed E-state index contributed by atoms with van der Waals surface area (Å²) in [5, 5.41) is 19.5. The van der Waals surface area contributed by atoms with Gasteiger partial charge in [-0.2, -0.15) is 20.2 Å². The number of benzene rings is 2. The Kier molecular flexibility index (Phi) is 7.25. The molecule has 1 aliphatic carbocycles. The molecule has 2 aromatic carbocycles. The number of ketones is 1. The fourth-order valence-corrected chi connectivity index (χ4v) is 4.02. The van der Waals surface area contributed by atoms with Crippen LogP contribution in [0.25, 0.3) is 26.9 Å². The largest absolute Gasteiger partial charge is 0.527 e. The Morgan fingerprint density at radius 3 is 2.08 bits per heavy atom. The van der Waals surface area contributed by atoms with Crippen molar-refractivity contribution in [3.05, 3.63) is 105 Å². The van der Waals surface area contributed by atoms with E-state index in [2.05, 4.69) is 9.69 Å². The van der Waals surface area contributed by atoms with Crippen LogP contribution < -0.4 is 4.90 Å². The number of anilines is 1. The highest BCUT2D eigenvalue weighted by Crippen LogP contribution is 2.49. The molecule has 0 N–H and O–H groups in total. The van der Waals surface area contributed by atoms with Crippen molar-refractivity contribution in [3.63, 3.8) is 0 Å². The Morgan fingerprint density at radius 2 is 1.58 bits per heavy atom. The molecule has 0 bridgehead atoms. The number of hydrogen-bond acceptors (Lipinski definition) is 4. The summed E-state index contributed by atoms with van der Waals surface area (Å²) in [6, 6.07) is 16.9. The minimum Gasteiger partial charge on any atom is -0.378 e. The van der Waals surface area contributed by atoms with Gasteiger partial charge in [-0.3, -0.25) is 4.79 Å². The molecule has 0 atom stereocenters. The van der Waals surface area contributed by atoms with Crippen LogP contribution in [0, 0.1) is 41.2 Å². The smallest absolute Gasteiger partial charge is 0.378 e. The van der Waals surface area contributed by atoms with E-state index in [1.165, 1.54) is 0 Å². The topological polar surface area (TPSA) is 76.6 Å². The summed E-state index contributed by atoms with van der Waals surface area (Å²) in [5.41, 5.74) is 4.28. The molecule has 0 aromatic heterocycles. The predicted octanol–water partition coefficient (Wildman–Crippen LogP) is 6.32. The van der Waals surface area contributed by atoms with Crippen LogP contribution in [-0.4, -0.2) is 19.9 Å². The first-order valence-electron chi connectivity index (χ1n) is 11.3. The van der Waals surface area contributed by atoms with Gasteiger partial charge in [-0.25, -0.2) is 0 Å². The number of fused-ring (bicyclic) bond motifs is 1. The lowest BCUT2D eigenvalue weighted by atomic mass is 9.85. The molecule has 36 heavy (non-hydrogen) atoms. The molecule has 6 heteroatoms. The van der Waals surface area contributed by atoms with E-state index in [9.17, 15) is 15.3 Å². The van der Waals surface area contributed by atoms with Crippen molar-refractivity contribution in [1.29, 1.82) is 10.5 Å². The molecule has 0 fully saturated rings. The maximum Gasteiger partial charge on any atom is 0.527 e. The van der Waals surface area contributed by atoms with Gasteiger partial charge in [0, 0.05) is 37.2 Å². The first-order valence-corrected chi connectivity index (χ1v) is 11.3. The number of nitrogens with zero attached hydrogens (tertiary/aromatic N) is 5. The standard InChI is InChI=1S/C30H25N5O/c1-30(2,3)26(36)16-20-14-22(35(6)7)13-12-19(20)15-25-27(21(17-31)18-32)23-10-8-9-11-24(23)28(25)29(33-4)34-5/h8-15H,16H2,1-3,6-7H3. The van der Waals surface area contributed by atoms with Gasteiger partial charge >= 0.3 is 5.82 Å². The molecule has 1 aliphatic rings. The first kappa shape index (κ1) is 25.7. The fraction of sp³-hybridized carbons (Fsp3) is 0.233. The minimum absolute atomic E-state index is 0.0667. The third-order valence-corrected chi connectivity index (χ3v) is 6.04. The van der Waals surface area contributed by atoms with Crippen LogP contribution >= 0.6 is 0 Å². The summed E-state index contributed by atoms with van der Waals surface area (Å²) in [4.78, 5) is 21.8. The van der Waals surface area contributed by atoms with Crippen molar-refractivity contribution in [3.8, 4) is 12.1 Å². The van der Waals surface area contributed by atoms with Crippen molar-refractivity contribution in [2.24, 2.45) is 5.41 Å². The molecular formula is C30H25N5O. The summed E-state index contributed by atoms with van der Waals surface area (Å²) >= 11 is 0. The monoisotopic (exact) mass is 471 g/mol. The normalized spacial score (nSPS) is 13.2. The van der Waals surface area contributed by atoms with E-state index in [0.29, 0.717) is 27.8 Å². The van der Waals surface area contributed by atoms with Gasteiger partial charge in [0.05, 0.1) is 5.57 Å². The molecule has 0 saturated heterocycles. The van der Waals surface area contributed by atoms with Gasteiger partial charge in [-0.15, -0.1) is 0 Å². The Bertz CT molecular complexity index is 1410. The quantitative estimate of drug-likeness (QED) is 0.386. The number of rotatable bonds is 4. The number of Topliss-reactive ketones (excluding diaryl/α,β-unsaturated/α-hetero) is 1. The lowest BCUT2D eigenvalue weighted by molar-refractivity contribution is -0.125. The van der Waals surface area contributed by atoms with E-state index in [4.69, 9.17) is 13.1 Å². The third-order valence-electron chi connectivity index (χ3n) is 6.04. The molecule has 0 saturated carbocycles. The summed E-state index contributed by atoms with van der Waals surface area (Å²) in [6.07, 6.45) is 1.98. The summed E-state index contributed by atoms with van der Waals surface area (Å²) < 4.78 is 0. The van der Waals surface area contributed by atoms with Crippen LogP contribution in [-0.2, 0) is 11.2 Å². The third kappa shape index (κ3) is 4.81. The fourth-order valence-electron chi connectivity index (χ4n) is 4.02. The first-order chi connectivity index (χ1) is 17.1. The van der Waals surface area contributed by atoms with Gasteiger partial charge in [0.2, 0.25) is 0 Å². The van der Waals surface area contributed by atoms with Crippen LogP contribution in [0.3, 0.4) is 0 Å². The molecule has 2 aromatic rings. The summed E-state index contributed by atoms with van der Waals surface area (Å²) in [5.74, 6) is -0.0757. The van der Waals surface area contributed by atoms with Gasteiger partial charge in [0.15, 0.2) is 0 Å². The second kappa shape index (κ2) is 10.1. The second-order valence-electron chi connectivity index (χ2n) is 9.63. The zero-order chi connectivity index (χ0) is 26.6. The molecule has 0 spiro atoms. The highest BCUT2D eigenvalue weighted by atomic mass is 16.1. The molecule has 0 radical (unpaired) electrons. The van der Waals surface area contributed by atoms with E-state index in [-0.39, 0.29) is 23.6 Å². The van der Waals surface area contributed by atoms with Crippen molar-refractivity contribution in [2.75, 3.05) is 19.0 Å². The maximum absolute atomic E-state index is 13.0. The van der Waals surface area contributed by atoms with Crippen LogP contribution in [0.4, 0.5) is 5.69 Å². The summed E-state index contributed by atoms with van der Waals surface area (Å²) in [6.45, 7) is 20.8. The lowest BCUT2D eigenvalue weighted by Gasteiger charge is -2.20. The average Bonchev–Trinajstić information content (AvgIpc) is 3.15. The van der Waals surface area contributed by atoms with E-state index in [0.717, 1.165) is 16.8 Å². The second-order valence-corrected chi connectivity index (χ2v) is 9.63. The molecule has 0 heterocycles. The number of nitriles is 2. The Morgan fingerprint density at radius 1 is 1.00 bits per heavy atom. The average molecular weight is 472 g/mol. The van der Waals surface area contributed by atoms with Gasteiger partial charge in [-0.05, 0) is 46.0 Å². The highest BCUT2D eigenvalue weighted by Gasteiger charge is 2.35. The van der Waals surface area contributed by atoms with Gasteiger partial charge in [0.1, 0.15) is 36.6 Å². The molecule has 0 amide bonds. The van der Waals surface area contributed by atoms with Crippen molar-refractivity contribution >= 4 is 28.7 Å². The van der Waals surface area contributed by atoms with Crippen molar-refractivity contribution < 1.29 is 4.79 Å². The zero-order valence-corrected chi connectivity index (χ0v) is 21.0. The predicted molar refractivity (Wildman–Crippen MR) is 142 cm³/mol. The molecule has 0 unspecified atom stereocenters. The maximum atomic E-state index is 13.0. The van der Waals surface area contributed by atoms with Gasteiger partial charge in [-0.1, -0.05) is 51.1 Å². The van der Waals surface area contributed by atoms with Crippen molar-refractivity contribution in [2.45, 2.75) is 27.2 Å². The van der Waals surface area contributed by atoms with Crippen LogP contribution in [0.5, 0.6) is 0 Å². The molecule has 3 rings (SSSR count). The number of carbonyl (C=O) groups excluding carboxylic acids is 1. The SMILES string of the molecule is [C-]#[N+]C([N+]#[C-])=C1C(=Cc2ccc(N(C)C)cc2CC(=O)C(C)(C)C)C(=C(C#N)C#N)c2ccccc21. The van der Waals surface area contributed by atoms with Crippen LogP contribution in [0.15, 0.2) is 59.4 Å². The van der Waals surface area contributed by atoms with Gasteiger partial charge in [0.25, 0.3) is 0 Å². The molecular weight excluding hydrogens is 446 g/mol. The number of hydrogen-bond donors (Lipinski definition) is 0. The number of carbonyl (C=O) groups is 1. The summed E-state index contributed by atoms with van der Waals surface area (Å²) in [7, 11) is 3.84. The van der Waals surface area contributed by atoms with Crippen LogP contribution in [0.1, 0.15) is 43.0 Å². The molecule has 176 valence electrons. The van der Waals surface area contributed by atoms with E-state index in [1.54, 1.807) is 30.3 Å². The zero-order valence-electron chi connectivity index (χ0n) is 21.0. The Hall–Kier alpha value is -4.91. The molecule has 6 nitrogen and oxygen atoms in total. The Labute approximate surface area is 212 Å². The van der Waals surface area contributed by atoms with E-state index >= 15 is 0 Å². The highest BCUT2D eigenvalue weighted by molar-refractivity contribution is 6.14. The van der Waals surface area contributed by atoms with Crippen molar-refractivity contribution in [1.82, 2.24) is 0 Å². The lowest BCUT2D eigenvalue weighted by Crippen LogP contribution is -2.22. The number of allylic oxidation sites excluding steroid dienone is 4. The van der Waals surface area contributed by atoms with Crippen LogP contribution in [0.2, 0.25) is 0 Å². The minimum atomic E-state index is -0.533. The molecule has 0 aliphatic heterocycles.